The van der Waals surface area contributed by atoms with Crippen LogP contribution >= 0.6 is 0 Å². The predicted molar refractivity (Wildman–Crippen MR) is 77.3 cm³/mol. The van der Waals surface area contributed by atoms with E-state index in [-0.39, 0.29) is 6.04 Å². The van der Waals surface area contributed by atoms with Gasteiger partial charge in [-0.05, 0) is 39.2 Å². The van der Waals surface area contributed by atoms with Crippen LogP contribution < -0.4 is 16.6 Å². The zero-order chi connectivity index (χ0) is 13.4. The Kier molecular flexibility index (Phi) is 6.22. The first kappa shape index (κ1) is 14.5. The second-order valence-corrected chi connectivity index (χ2v) is 4.79. The minimum atomic E-state index is 0.238. The Bertz CT molecular complexity index is 359. The van der Waals surface area contributed by atoms with Crippen molar-refractivity contribution < 1.29 is 0 Å². The molecule has 100 valence electrons. The van der Waals surface area contributed by atoms with E-state index in [1.807, 2.05) is 6.07 Å². The Labute approximate surface area is 110 Å². The third-order valence-corrected chi connectivity index (χ3v) is 2.61. The molecule has 1 unspecified atom stereocenters. The van der Waals surface area contributed by atoms with Gasteiger partial charge in [-0.2, -0.15) is 0 Å². The summed E-state index contributed by atoms with van der Waals surface area (Å²) in [4.78, 5) is 4.52. The van der Waals surface area contributed by atoms with Crippen LogP contribution in [0.2, 0.25) is 0 Å². The van der Waals surface area contributed by atoms with Crippen LogP contribution in [0, 0.1) is 0 Å². The smallest absolute Gasteiger partial charge is 0.206 e. The fourth-order valence-corrected chi connectivity index (χ4v) is 1.69. The summed E-state index contributed by atoms with van der Waals surface area (Å²) < 4.78 is 0. The van der Waals surface area contributed by atoms with E-state index in [1.165, 1.54) is 5.56 Å². The van der Waals surface area contributed by atoms with E-state index in [1.54, 1.807) is 0 Å². The van der Waals surface area contributed by atoms with Gasteiger partial charge in [0.1, 0.15) is 0 Å². The lowest BCUT2D eigenvalue weighted by atomic mass is 10.1. The molecule has 0 saturated carbocycles. The maximum Gasteiger partial charge on any atom is 0.206 e. The number of hydrogen-bond acceptors (Lipinski definition) is 2. The number of hydrogen-bond donors (Lipinski definition) is 3. The fraction of sp³-hybridized carbons (Fsp3) is 0.500. The summed E-state index contributed by atoms with van der Waals surface area (Å²) in [7, 11) is 0. The van der Waals surface area contributed by atoms with Gasteiger partial charge >= 0.3 is 0 Å². The van der Waals surface area contributed by atoms with E-state index in [9.17, 15) is 0 Å². The lowest BCUT2D eigenvalue weighted by molar-refractivity contribution is 0.641. The van der Waals surface area contributed by atoms with Crippen molar-refractivity contribution in [2.24, 2.45) is 10.8 Å². The van der Waals surface area contributed by atoms with Crippen molar-refractivity contribution in [1.82, 2.24) is 10.7 Å². The molecule has 0 aromatic heterocycles. The lowest BCUT2D eigenvalue weighted by Gasteiger charge is -2.14. The molecule has 0 bridgehead atoms. The van der Waals surface area contributed by atoms with Crippen LogP contribution in [0.5, 0.6) is 0 Å². The number of guanidine groups is 1. The van der Waals surface area contributed by atoms with Crippen molar-refractivity contribution in [2.45, 2.75) is 45.7 Å². The Hall–Kier alpha value is -1.55. The van der Waals surface area contributed by atoms with Crippen molar-refractivity contribution in [3.63, 3.8) is 0 Å². The van der Waals surface area contributed by atoms with Gasteiger partial charge in [0.05, 0.1) is 6.04 Å². The summed E-state index contributed by atoms with van der Waals surface area (Å²) in [6.45, 7) is 6.21. The van der Waals surface area contributed by atoms with E-state index in [4.69, 9.17) is 5.84 Å². The Morgan fingerprint density at radius 2 is 1.89 bits per heavy atom. The third kappa shape index (κ3) is 5.68. The zero-order valence-corrected chi connectivity index (χ0v) is 11.5. The van der Waals surface area contributed by atoms with E-state index < -0.39 is 0 Å². The maximum atomic E-state index is 5.43. The molecule has 1 aromatic carbocycles. The molecule has 0 aliphatic heterocycles. The molecule has 4 nitrogen and oxygen atoms in total. The van der Waals surface area contributed by atoms with E-state index in [2.05, 4.69) is 60.8 Å². The molecule has 0 heterocycles. The summed E-state index contributed by atoms with van der Waals surface area (Å²) in [6.07, 6.45) is 2.04. The monoisotopic (exact) mass is 248 g/mol. The Balaban J connectivity index is 2.44. The molecule has 0 fully saturated rings. The standard InChI is InChI=1S/C14H24N4/c1-11(2)16-14(18-15)17-12(3)9-10-13-7-5-4-6-8-13/h4-8,11-12H,9-10,15H2,1-3H3,(H2,16,17,18). The van der Waals surface area contributed by atoms with Gasteiger partial charge in [-0.15, -0.1) is 0 Å². The molecule has 18 heavy (non-hydrogen) atoms. The largest absolute Gasteiger partial charge is 0.353 e. The van der Waals surface area contributed by atoms with Gasteiger partial charge in [0.25, 0.3) is 0 Å². The first-order valence-corrected chi connectivity index (χ1v) is 6.46. The fourth-order valence-electron chi connectivity index (χ4n) is 1.69. The molecule has 1 rings (SSSR count). The normalized spacial score (nSPS) is 13.5. The van der Waals surface area contributed by atoms with Gasteiger partial charge in [-0.1, -0.05) is 30.3 Å². The first-order chi connectivity index (χ1) is 8.61. The van der Waals surface area contributed by atoms with Crippen molar-refractivity contribution in [1.29, 1.82) is 0 Å². The van der Waals surface area contributed by atoms with Gasteiger partial charge in [0, 0.05) is 6.04 Å². The molecular formula is C14H24N4. The number of aliphatic imine (C=N–C) groups is 1. The minimum absolute atomic E-state index is 0.238. The van der Waals surface area contributed by atoms with E-state index in [0.29, 0.717) is 12.0 Å². The molecule has 0 saturated heterocycles. The summed E-state index contributed by atoms with van der Waals surface area (Å²) in [5.74, 6) is 6.09. The summed E-state index contributed by atoms with van der Waals surface area (Å²) >= 11 is 0. The molecule has 0 aliphatic rings. The highest BCUT2D eigenvalue weighted by Crippen LogP contribution is 2.06. The number of rotatable bonds is 5. The van der Waals surface area contributed by atoms with Gasteiger partial charge in [0.2, 0.25) is 5.96 Å². The van der Waals surface area contributed by atoms with Gasteiger partial charge in [0.15, 0.2) is 0 Å². The molecule has 4 heteroatoms. The van der Waals surface area contributed by atoms with Crippen LogP contribution in [0.15, 0.2) is 35.3 Å². The molecule has 0 spiro atoms. The highest BCUT2D eigenvalue weighted by molar-refractivity contribution is 5.79. The lowest BCUT2D eigenvalue weighted by Crippen LogP contribution is -2.45. The summed E-state index contributed by atoms with van der Waals surface area (Å²) in [5.41, 5.74) is 3.95. The average molecular weight is 248 g/mol. The molecule has 1 atom stereocenters. The van der Waals surface area contributed by atoms with Crippen LogP contribution in [0.4, 0.5) is 0 Å². The molecule has 0 radical (unpaired) electrons. The van der Waals surface area contributed by atoms with Crippen LogP contribution in [0.3, 0.4) is 0 Å². The Morgan fingerprint density at radius 1 is 1.22 bits per heavy atom. The number of hydrazine groups is 1. The summed E-state index contributed by atoms with van der Waals surface area (Å²) in [6, 6.07) is 11.0. The van der Waals surface area contributed by atoms with Crippen LogP contribution in [0.1, 0.15) is 32.8 Å². The van der Waals surface area contributed by atoms with Crippen molar-refractivity contribution in [3.8, 4) is 0 Å². The number of nitrogens with two attached hydrogens (primary N) is 1. The van der Waals surface area contributed by atoms with Gasteiger partial charge in [-0.25, -0.2) is 10.8 Å². The average Bonchev–Trinajstić information content (AvgIpc) is 2.36. The maximum absolute atomic E-state index is 5.43. The number of nitrogens with zero attached hydrogens (tertiary/aromatic N) is 1. The molecule has 0 amide bonds. The van der Waals surface area contributed by atoms with Gasteiger partial charge < -0.3 is 5.32 Å². The van der Waals surface area contributed by atoms with Crippen molar-refractivity contribution in [2.75, 3.05) is 0 Å². The number of nitrogens with one attached hydrogen (secondary N) is 2. The first-order valence-electron chi connectivity index (χ1n) is 6.46. The number of benzene rings is 1. The highest BCUT2D eigenvalue weighted by atomic mass is 15.3. The SMILES string of the molecule is CC(CCc1ccccc1)N=C(NN)NC(C)C. The quantitative estimate of drug-likeness (QED) is 0.322. The molecular weight excluding hydrogens is 224 g/mol. The van der Waals surface area contributed by atoms with E-state index >= 15 is 0 Å². The number of aryl methyl sites for hydroxylation is 1. The summed E-state index contributed by atoms with van der Waals surface area (Å²) in [5, 5.41) is 3.17. The van der Waals surface area contributed by atoms with E-state index in [0.717, 1.165) is 12.8 Å². The molecule has 0 aliphatic carbocycles. The predicted octanol–water partition coefficient (Wildman–Crippen LogP) is 1.82. The zero-order valence-electron chi connectivity index (χ0n) is 11.5. The van der Waals surface area contributed by atoms with Crippen LogP contribution in [-0.4, -0.2) is 18.0 Å². The second-order valence-electron chi connectivity index (χ2n) is 4.79. The van der Waals surface area contributed by atoms with Crippen LogP contribution in [-0.2, 0) is 6.42 Å². The highest BCUT2D eigenvalue weighted by Gasteiger charge is 2.04. The van der Waals surface area contributed by atoms with Gasteiger partial charge in [-0.3, -0.25) is 5.43 Å². The third-order valence-electron chi connectivity index (χ3n) is 2.61. The topological polar surface area (TPSA) is 62.4 Å². The Morgan fingerprint density at radius 3 is 2.44 bits per heavy atom. The molecule has 4 N–H and O–H groups in total. The van der Waals surface area contributed by atoms with Crippen molar-refractivity contribution >= 4 is 5.96 Å². The minimum Gasteiger partial charge on any atom is -0.353 e. The van der Waals surface area contributed by atoms with Crippen LogP contribution in [0.25, 0.3) is 0 Å². The second kappa shape index (κ2) is 7.71. The molecule has 1 aromatic rings. The van der Waals surface area contributed by atoms with Crippen molar-refractivity contribution in [3.05, 3.63) is 35.9 Å².